The summed E-state index contributed by atoms with van der Waals surface area (Å²) in [6, 6.07) is 14.8. The molecule has 0 aliphatic carbocycles. The normalized spacial score (nSPS) is 17.9. The van der Waals surface area contributed by atoms with Crippen molar-refractivity contribution in [2.45, 2.75) is 45.3 Å². The minimum absolute atomic E-state index is 0.0282. The second-order valence-corrected chi connectivity index (χ2v) is 11.1. The van der Waals surface area contributed by atoms with Gasteiger partial charge in [-0.05, 0) is 59.8 Å². The number of nitrogens with one attached hydrogen (secondary N) is 2. The Labute approximate surface area is 203 Å². The average molecular weight is 476 g/mol. The summed E-state index contributed by atoms with van der Waals surface area (Å²) >= 11 is 1.67. The molecule has 176 valence electrons. The van der Waals surface area contributed by atoms with E-state index in [1.54, 1.807) is 35.6 Å². The second kappa shape index (κ2) is 8.56. The Morgan fingerprint density at radius 3 is 2.44 bits per heavy atom. The van der Waals surface area contributed by atoms with Gasteiger partial charge in [-0.25, -0.2) is 4.79 Å². The first-order valence-electron chi connectivity index (χ1n) is 11.5. The van der Waals surface area contributed by atoms with Gasteiger partial charge in [-0.3, -0.25) is 4.79 Å². The van der Waals surface area contributed by atoms with Crippen LogP contribution in [-0.4, -0.2) is 30.4 Å². The molecule has 2 aliphatic heterocycles. The molecule has 34 heavy (non-hydrogen) atoms. The molecule has 0 fully saturated rings. The van der Waals surface area contributed by atoms with Crippen molar-refractivity contribution in [2.75, 3.05) is 18.9 Å². The van der Waals surface area contributed by atoms with E-state index >= 15 is 0 Å². The first kappa shape index (κ1) is 22.6. The predicted molar refractivity (Wildman–Crippen MR) is 135 cm³/mol. The van der Waals surface area contributed by atoms with Crippen LogP contribution in [0, 0.1) is 0 Å². The van der Waals surface area contributed by atoms with Crippen LogP contribution in [0.25, 0.3) is 0 Å². The Morgan fingerprint density at radius 2 is 1.76 bits per heavy atom. The van der Waals surface area contributed by atoms with Crippen molar-refractivity contribution in [1.29, 1.82) is 0 Å². The number of nitrogens with zero attached hydrogens (tertiary/aromatic N) is 1. The molecule has 0 radical (unpaired) electrons. The Balaban J connectivity index is 1.27. The van der Waals surface area contributed by atoms with Crippen LogP contribution >= 0.6 is 11.3 Å². The number of likely N-dealkylation sites (N-methyl/N-ethyl adjacent to an activating group) is 1. The van der Waals surface area contributed by atoms with E-state index in [2.05, 4.69) is 43.4 Å². The summed E-state index contributed by atoms with van der Waals surface area (Å²) < 4.78 is 5.56. The Bertz CT molecular complexity index is 1240. The lowest BCUT2D eigenvalue weighted by atomic mass is 9.87. The van der Waals surface area contributed by atoms with Crippen molar-refractivity contribution in [1.82, 2.24) is 10.2 Å². The maximum Gasteiger partial charge on any atom is 0.343 e. The molecular weight excluding hydrogens is 446 g/mol. The summed E-state index contributed by atoms with van der Waals surface area (Å²) in [5.74, 6) is 0.0391. The quantitative estimate of drug-likeness (QED) is 0.407. The predicted octanol–water partition coefficient (Wildman–Crippen LogP) is 5.11. The highest BCUT2D eigenvalue weighted by Crippen LogP contribution is 2.40. The van der Waals surface area contributed by atoms with Gasteiger partial charge in [-0.2, -0.15) is 0 Å². The number of fused-ring (bicyclic) bond motifs is 3. The summed E-state index contributed by atoms with van der Waals surface area (Å²) in [5.41, 5.74) is 4.58. The number of esters is 1. The number of rotatable bonds is 3. The lowest BCUT2D eigenvalue weighted by molar-refractivity contribution is 0.0734. The van der Waals surface area contributed by atoms with Crippen LogP contribution in [-0.2, 0) is 18.4 Å². The van der Waals surface area contributed by atoms with Crippen LogP contribution in [0.3, 0.4) is 0 Å². The van der Waals surface area contributed by atoms with Crippen molar-refractivity contribution < 1.29 is 14.3 Å². The van der Waals surface area contributed by atoms with Gasteiger partial charge in [-0.1, -0.05) is 45.0 Å². The molecular formula is C27H29N3O3S. The van der Waals surface area contributed by atoms with E-state index in [-0.39, 0.29) is 17.5 Å². The number of carbonyl (C=O) groups is 2. The van der Waals surface area contributed by atoms with Crippen molar-refractivity contribution in [3.63, 3.8) is 0 Å². The van der Waals surface area contributed by atoms with Crippen LogP contribution in [0.1, 0.15) is 69.2 Å². The zero-order valence-electron chi connectivity index (χ0n) is 19.9. The van der Waals surface area contributed by atoms with Gasteiger partial charge in [0.2, 0.25) is 0 Å². The molecule has 6 nitrogen and oxygen atoms in total. The summed E-state index contributed by atoms with van der Waals surface area (Å²) in [5, 5.41) is 7.49. The van der Waals surface area contributed by atoms with Crippen LogP contribution in [0.2, 0.25) is 0 Å². The Hall–Kier alpha value is -3.16. The minimum atomic E-state index is -0.393. The molecule has 7 heteroatoms. The Morgan fingerprint density at radius 1 is 1.06 bits per heavy atom. The van der Waals surface area contributed by atoms with Crippen molar-refractivity contribution >= 4 is 28.2 Å². The average Bonchev–Trinajstić information content (AvgIpc) is 3.17. The molecule has 5 rings (SSSR count). The molecule has 0 saturated heterocycles. The molecule has 0 spiro atoms. The highest BCUT2D eigenvalue weighted by molar-refractivity contribution is 7.16. The maximum atomic E-state index is 12.9. The zero-order valence-corrected chi connectivity index (χ0v) is 20.7. The lowest BCUT2D eigenvalue weighted by Gasteiger charge is -2.27. The van der Waals surface area contributed by atoms with Gasteiger partial charge < -0.3 is 20.3 Å². The SMILES string of the molecule is CN1CCc2c(sc3c2C(=O)N[C@H](c2ccc(OC(=O)c4ccc(C(C)(C)C)cc4)cc2)N3)C1. The molecule has 2 aliphatic rings. The number of benzene rings is 2. The summed E-state index contributed by atoms with van der Waals surface area (Å²) in [6.07, 6.45) is 0.573. The fourth-order valence-electron chi connectivity index (χ4n) is 4.41. The fraction of sp³-hybridized carbons (Fsp3) is 0.333. The smallest absolute Gasteiger partial charge is 0.343 e. The van der Waals surface area contributed by atoms with Gasteiger partial charge in [0.05, 0.1) is 11.1 Å². The van der Waals surface area contributed by atoms with Gasteiger partial charge in [0.25, 0.3) is 5.91 Å². The van der Waals surface area contributed by atoms with E-state index in [4.69, 9.17) is 4.74 Å². The van der Waals surface area contributed by atoms with E-state index in [9.17, 15) is 9.59 Å². The molecule has 0 saturated carbocycles. The van der Waals surface area contributed by atoms with E-state index in [0.717, 1.165) is 41.2 Å². The number of amides is 1. The summed E-state index contributed by atoms with van der Waals surface area (Å²) in [6.45, 7) is 8.26. The number of hydrogen-bond acceptors (Lipinski definition) is 6. The van der Waals surface area contributed by atoms with Crippen molar-refractivity contribution in [3.05, 3.63) is 81.2 Å². The Kier molecular flexibility index (Phi) is 5.70. The lowest BCUT2D eigenvalue weighted by Crippen LogP contribution is -2.38. The van der Waals surface area contributed by atoms with Gasteiger partial charge in [-0.15, -0.1) is 11.3 Å². The van der Waals surface area contributed by atoms with Crippen molar-refractivity contribution in [3.8, 4) is 5.75 Å². The summed E-state index contributed by atoms with van der Waals surface area (Å²) in [4.78, 5) is 29.0. The number of anilines is 1. The van der Waals surface area contributed by atoms with E-state index in [0.29, 0.717) is 11.3 Å². The highest BCUT2D eigenvalue weighted by Gasteiger charge is 2.32. The van der Waals surface area contributed by atoms with Crippen LogP contribution in [0.15, 0.2) is 48.5 Å². The first-order valence-corrected chi connectivity index (χ1v) is 12.3. The molecule has 0 unspecified atom stereocenters. The van der Waals surface area contributed by atoms with E-state index in [1.807, 2.05) is 24.3 Å². The third-order valence-electron chi connectivity index (χ3n) is 6.44. The van der Waals surface area contributed by atoms with Crippen LogP contribution in [0.5, 0.6) is 5.75 Å². The van der Waals surface area contributed by atoms with Gasteiger partial charge in [0.1, 0.15) is 16.9 Å². The number of thiophene rings is 1. The van der Waals surface area contributed by atoms with Gasteiger partial charge in [0, 0.05) is 18.0 Å². The topological polar surface area (TPSA) is 70.7 Å². The molecule has 3 heterocycles. The molecule has 1 amide bonds. The highest BCUT2D eigenvalue weighted by atomic mass is 32.1. The van der Waals surface area contributed by atoms with Crippen molar-refractivity contribution in [2.24, 2.45) is 0 Å². The molecule has 1 atom stereocenters. The fourth-order valence-corrected chi connectivity index (χ4v) is 5.76. The maximum absolute atomic E-state index is 12.9. The molecule has 3 aromatic rings. The molecule has 1 aromatic heterocycles. The van der Waals surface area contributed by atoms with Gasteiger partial charge in [0.15, 0.2) is 0 Å². The largest absolute Gasteiger partial charge is 0.423 e. The molecule has 0 bridgehead atoms. The van der Waals surface area contributed by atoms with E-state index < -0.39 is 5.97 Å². The number of carbonyl (C=O) groups excluding carboxylic acids is 2. The van der Waals surface area contributed by atoms with Gasteiger partial charge >= 0.3 is 5.97 Å². The third-order valence-corrected chi connectivity index (χ3v) is 7.58. The van der Waals surface area contributed by atoms with Crippen LogP contribution in [0.4, 0.5) is 5.00 Å². The monoisotopic (exact) mass is 475 g/mol. The first-order chi connectivity index (χ1) is 16.2. The molecule has 2 N–H and O–H groups in total. The number of ether oxygens (including phenoxy) is 1. The number of hydrogen-bond donors (Lipinski definition) is 2. The minimum Gasteiger partial charge on any atom is -0.423 e. The third kappa shape index (κ3) is 4.33. The van der Waals surface area contributed by atoms with E-state index in [1.165, 1.54) is 10.4 Å². The van der Waals surface area contributed by atoms with Crippen LogP contribution < -0.4 is 15.4 Å². The summed E-state index contributed by atoms with van der Waals surface area (Å²) in [7, 11) is 2.10. The second-order valence-electron chi connectivity index (χ2n) is 10.0. The molecule has 2 aromatic carbocycles. The standard InChI is InChI=1S/C27H29N3O3S/c1-27(2,3)18-9-5-17(6-10-18)26(32)33-19-11-7-16(8-12-19)23-28-24(31)22-20-13-14-30(4)15-21(20)34-25(22)29-23/h5-12,23,29H,13-15H2,1-4H3,(H,28,31)/t23-/m0/s1. The zero-order chi connectivity index (χ0) is 24.0.